The number of ether oxygens (including phenoxy) is 8. The van der Waals surface area contributed by atoms with Gasteiger partial charge in [-0.1, -0.05) is 104 Å². The van der Waals surface area contributed by atoms with Crippen molar-refractivity contribution < 1.29 is 37.9 Å². The minimum atomic E-state index is -0.757. The molecule has 0 amide bonds. The van der Waals surface area contributed by atoms with Crippen molar-refractivity contribution in [3.05, 3.63) is 97.5 Å². The molecule has 5 aliphatic rings. The predicted molar refractivity (Wildman–Crippen MR) is 241 cm³/mol. The Hall–Kier alpha value is -4.08. The Morgan fingerprint density at radius 3 is 1.51 bits per heavy atom. The molecular weight excluding hydrogens is 832 g/mol. The van der Waals surface area contributed by atoms with E-state index < -0.39 is 5.60 Å². The molecule has 0 spiro atoms. The molecule has 8 bridgehead atoms. The average molecular weight is 896 g/mol. The highest BCUT2D eigenvalue weighted by Gasteiger charge is 2.44. The first-order chi connectivity index (χ1) is 30.0. The number of fused-ring (bicyclic) bond motifs is 2. The summed E-state index contributed by atoms with van der Waals surface area (Å²) < 4.78 is 54.1. The molecule has 4 aliphatic heterocycles. The summed E-state index contributed by atoms with van der Waals surface area (Å²) in [6.07, 6.45) is 16.9. The molecule has 326 valence electrons. The van der Waals surface area contributed by atoms with Crippen LogP contribution in [0.2, 0.25) is 0 Å². The van der Waals surface area contributed by atoms with Crippen molar-refractivity contribution in [2.24, 2.45) is 0 Å². The van der Waals surface area contributed by atoms with Crippen LogP contribution in [0.4, 0.5) is 0 Å². The van der Waals surface area contributed by atoms with E-state index in [9.17, 15) is 0 Å². The second-order valence-corrected chi connectivity index (χ2v) is 18.4. The van der Waals surface area contributed by atoms with E-state index in [1.54, 1.807) is 0 Å². The molecule has 0 fully saturated rings. The van der Waals surface area contributed by atoms with Crippen LogP contribution >= 0.6 is 15.9 Å². The van der Waals surface area contributed by atoms with Crippen LogP contribution in [0.3, 0.4) is 0 Å². The molecule has 4 aromatic carbocycles. The second-order valence-electron chi connectivity index (χ2n) is 17.6. The van der Waals surface area contributed by atoms with Gasteiger partial charge in [0.1, 0.15) is 50.3 Å². The van der Waals surface area contributed by atoms with Gasteiger partial charge in [-0.25, -0.2) is 0 Å². The third-order valence-corrected chi connectivity index (χ3v) is 14.6. The monoisotopic (exact) mass is 894 g/mol. The maximum Gasteiger partial charge on any atom is 0.230 e. The van der Waals surface area contributed by atoms with Crippen molar-refractivity contribution in [1.29, 1.82) is 0 Å². The molecule has 4 aromatic rings. The summed E-state index contributed by atoms with van der Waals surface area (Å²) in [4.78, 5) is 0. The van der Waals surface area contributed by atoms with E-state index >= 15 is 0 Å². The Labute approximate surface area is 371 Å². The predicted octanol–water partition coefficient (Wildman–Crippen LogP) is 14.3. The Morgan fingerprint density at radius 2 is 0.918 bits per heavy atom. The van der Waals surface area contributed by atoms with Crippen LogP contribution in [0.15, 0.2) is 53.0 Å². The van der Waals surface area contributed by atoms with Crippen molar-refractivity contribution >= 4 is 15.9 Å². The van der Waals surface area contributed by atoms with Gasteiger partial charge in [-0.3, -0.25) is 0 Å². The summed E-state index contributed by atoms with van der Waals surface area (Å²) in [5.74, 6) is 5.58. The van der Waals surface area contributed by atoms with Gasteiger partial charge in [0.2, 0.25) is 20.4 Å². The highest BCUT2D eigenvalue weighted by molar-refractivity contribution is 9.10. The van der Waals surface area contributed by atoms with Gasteiger partial charge in [0.05, 0.1) is 0 Å². The van der Waals surface area contributed by atoms with Crippen molar-refractivity contribution in [2.45, 2.75) is 154 Å². The molecule has 0 radical (unpaired) electrons. The molecule has 0 saturated carbocycles. The molecule has 1 aliphatic carbocycles. The number of hydrogen-bond acceptors (Lipinski definition) is 8. The lowest BCUT2D eigenvalue weighted by atomic mass is 9.74. The van der Waals surface area contributed by atoms with E-state index in [2.05, 4.69) is 92.2 Å². The Kier molecular flexibility index (Phi) is 13.0. The average Bonchev–Trinajstić information content (AvgIpc) is 3.25. The quantitative estimate of drug-likeness (QED) is 0.103. The van der Waals surface area contributed by atoms with Crippen LogP contribution in [0.1, 0.15) is 193 Å². The van der Waals surface area contributed by atoms with Crippen LogP contribution in [0.25, 0.3) is 0 Å². The van der Waals surface area contributed by atoms with Crippen molar-refractivity contribution in [2.75, 3.05) is 27.2 Å². The maximum absolute atomic E-state index is 7.09. The fourth-order valence-electron chi connectivity index (χ4n) is 10.6. The molecule has 0 aromatic heterocycles. The number of hydrogen-bond donors (Lipinski definition) is 0. The molecule has 9 rings (SSSR count). The van der Waals surface area contributed by atoms with E-state index in [0.717, 1.165) is 181 Å². The fourth-order valence-corrected chi connectivity index (χ4v) is 11.3. The normalized spacial score (nSPS) is 21.4. The van der Waals surface area contributed by atoms with Crippen LogP contribution < -0.4 is 33.2 Å². The molecule has 9 heteroatoms. The summed E-state index contributed by atoms with van der Waals surface area (Å²) >= 11 is 4.09. The summed E-state index contributed by atoms with van der Waals surface area (Å²) in [5.41, 5.74) is 8.40. The number of halogens is 1. The summed E-state index contributed by atoms with van der Waals surface area (Å²) in [7, 11) is 0. The smallest absolute Gasteiger partial charge is 0.230 e. The van der Waals surface area contributed by atoms with Gasteiger partial charge in [-0.05, 0) is 83.9 Å². The molecular formula is C52H63BrO8. The minimum Gasteiger partial charge on any atom is -0.467 e. The fraction of sp³-hybridized carbons (Fsp3) is 0.538. The van der Waals surface area contributed by atoms with Gasteiger partial charge in [0.25, 0.3) is 0 Å². The number of benzene rings is 4. The molecule has 0 saturated heterocycles. The second kappa shape index (κ2) is 18.7. The van der Waals surface area contributed by atoms with E-state index in [4.69, 9.17) is 37.9 Å². The zero-order valence-electron chi connectivity index (χ0n) is 36.6. The molecule has 0 N–H and O–H groups in total. The third-order valence-electron chi connectivity index (χ3n) is 13.9. The van der Waals surface area contributed by atoms with Gasteiger partial charge < -0.3 is 37.9 Å². The zero-order valence-corrected chi connectivity index (χ0v) is 38.2. The lowest BCUT2D eigenvalue weighted by Gasteiger charge is -2.41. The largest absolute Gasteiger partial charge is 0.467 e. The first-order valence-electron chi connectivity index (χ1n) is 23.4. The van der Waals surface area contributed by atoms with E-state index in [0.29, 0.717) is 0 Å². The highest BCUT2D eigenvalue weighted by Crippen LogP contribution is 2.57. The van der Waals surface area contributed by atoms with E-state index in [-0.39, 0.29) is 44.9 Å². The Balaban J connectivity index is 1.39. The number of rotatable bonds is 16. The lowest BCUT2D eigenvalue weighted by molar-refractivity contribution is -0.114. The molecule has 8 nitrogen and oxygen atoms in total. The molecule has 61 heavy (non-hydrogen) atoms. The van der Waals surface area contributed by atoms with Crippen LogP contribution in [0, 0.1) is 0 Å². The standard InChI is InChI=1S/C52H63BrO8/c1-5-9-13-17-34-38-24-39-36(19-15-11-7-3)42-25-41-35(18-14-10-6-2)37-23-33-20-21-44(37)54-30-59-50(41)49(53)51(42)60-31-57-46(39)27-45(38)55-29-56-47-28-48-43(26-40(34)47)52(33,61-32-58-48)22-16-12-8-4/h20-21,23-28,34-36H,5-19,22,29-32H2,1-4H3. The topological polar surface area (TPSA) is 73.8 Å². The van der Waals surface area contributed by atoms with Crippen LogP contribution in [0.5, 0.6) is 40.2 Å². The SMILES string of the molecule is CCCCCC1c2cc3c4cc2OCOc2cc5c(cc21)C(CCCCC)(OCO5)c1ccc2c(c1)C(CCCCC)c1cc(c(c(Br)c1OCO2)OCO4)C3CCCCC. The highest BCUT2D eigenvalue weighted by atomic mass is 79.9. The lowest BCUT2D eigenvalue weighted by Crippen LogP contribution is -2.37. The van der Waals surface area contributed by atoms with E-state index in [1.807, 2.05) is 0 Å². The van der Waals surface area contributed by atoms with Gasteiger partial charge >= 0.3 is 0 Å². The van der Waals surface area contributed by atoms with Gasteiger partial charge in [0, 0.05) is 68.8 Å². The van der Waals surface area contributed by atoms with Crippen LogP contribution in [-0.2, 0) is 10.3 Å². The van der Waals surface area contributed by atoms with Gasteiger partial charge in [0.15, 0.2) is 6.79 Å². The van der Waals surface area contributed by atoms with Gasteiger partial charge in [-0.2, -0.15) is 0 Å². The van der Waals surface area contributed by atoms with Gasteiger partial charge in [-0.15, -0.1) is 0 Å². The molecule has 4 unspecified atom stereocenters. The Morgan fingerprint density at radius 1 is 0.459 bits per heavy atom. The first-order valence-corrected chi connectivity index (χ1v) is 24.2. The molecule has 4 atom stereocenters. The first kappa shape index (κ1) is 42.2. The zero-order chi connectivity index (χ0) is 41.9. The summed E-state index contributed by atoms with van der Waals surface area (Å²) in [6, 6.07) is 18.2. The van der Waals surface area contributed by atoms with E-state index in [1.165, 1.54) is 11.1 Å². The van der Waals surface area contributed by atoms with Crippen LogP contribution in [-0.4, -0.2) is 27.2 Å². The summed E-state index contributed by atoms with van der Waals surface area (Å²) in [5, 5.41) is 0. The Bertz CT molecular complexity index is 2200. The minimum absolute atomic E-state index is 0.00514. The van der Waals surface area contributed by atoms with Crippen molar-refractivity contribution in [3.8, 4) is 40.2 Å². The summed E-state index contributed by atoms with van der Waals surface area (Å²) in [6.45, 7) is 9.42. The van der Waals surface area contributed by atoms with Crippen molar-refractivity contribution in [1.82, 2.24) is 0 Å². The number of unbranched alkanes of at least 4 members (excludes halogenated alkanes) is 8. The molecule has 4 heterocycles. The third kappa shape index (κ3) is 7.96. The maximum atomic E-state index is 7.09. The van der Waals surface area contributed by atoms with Crippen molar-refractivity contribution in [3.63, 3.8) is 0 Å².